The van der Waals surface area contributed by atoms with E-state index < -0.39 is 0 Å². The number of anilines is 1. The Morgan fingerprint density at radius 1 is 1.29 bits per heavy atom. The van der Waals surface area contributed by atoms with Gasteiger partial charge in [0.2, 0.25) is 0 Å². The van der Waals surface area contributed by atoms with Crippen molar-refractivity contribution in [2.75, 3.05) is 12.4 Å². The molecule has 0 atom stereocenters. The predicted octanol–water partition coefficient (Wildman–Crippen LogP) is 4.81. The minimum absolute atomic E-state index is 0.350. The fourth-order valence-electron chi connectivity index (χ4n) is 1.89. The van der Waals surface area contributed by atoms with Crippen molar-refractivity contribution in [2.45, 2.75) is 13.5 Å². The third-order valence-corrected chi connectivity index (χ3v) is 4.12. The molecule has 1 N–H and O–H groups in total. The van der Waals surface area contributed by atoms with Gasteiger partial charge in [0.25, 0.3) is 0 Å². The summed E-state index contributed by atoms with van der Waals surface area (Å²) in [5.41, 5.74) is 3.54. The van der Waals surface area contributed by atoms with Gasteiger partial charge in [0.1, 0.15) is 0 Å². The number of ether oxygens (including phenoxy) is 1. The Hall–Kier alpha value is -1.52. The zero-order valence-corrected chi connectivity index (χ0v) is 14.1. The lowest BCUT2D eigenvalue weighted by Crippen LogP contribution is -2.04. The SMILES string of the molecule is COC(=O)c1ccc(CNc2ccc(C)cc2Cl)c(Br)c1. The summed E-state index contributed by atoms with van der Waals surface area (Å²) in [6.45, 7) is 2.60. The van der Waals surface area contributed by atoms with Crippen molar-refractivity contribution in [3.05, 3.63) is 62.6 Å². The van der Waals surface area contributed by atoms with Crippen LogP contribution in [0.15, 0.2) is 40.9 Å². The third kappa shape index (κ3) is 3.99. The normalized spacial score (nSPS) is 10.3. The summed E-state index contributed by atoms with van der Waals surface area (Å²) in [5, 5.41) is 3.97. The second kappa shape index (κ2) is 6.96. The average molecular weight is 369 g/mol. The number of hydrogen-bond donors (Lipinski definition) is 1. The highest BCUT2D eigenvalue weighted by atomic mass is 79.9. The van der Waals surface area contributed by atoms with Gasteiger partial charge >= 0.3 is 5.97 Å². The highest BCUT2D eigenvalue weighted by Gasteiger charge is 2.09. The van der Waals surface area contributed by atoms with E-state index in [1.54, 1.807) is 12.1 Å². The number of methoxy groups -OCH3 is 1. The van der Waals surface area contributed by atoms with Gasteiger partial charge < -0.3 is 10.1 Å². The second-order valence-electron chi connectivity index (χ2n) is 4.63. The van der Waals surface area contributed by atoms with E-state index in [9.17, 15) is 4.79 Å². The molecule has 2 aromatic carbocycles. The number of carbonyl (C=O) groups is 1. The predicted molar refractivity (Wildman–Crippen MR) is 89.0 cm³/mol. The van der Waals surface area contributed by atoms with E-state index in [4.69, 9.17) is 16.3 Å². The summed E-state index contributed by atoms with van der Waals surface area (Å²) < 4.78 is 5.54. The van der Waals surface area contributed by atoms with Gasteiger partial charge in [-0.3, -0.25) is 0 Å². The molecular formula is C16H15BrClNO2. The molecule has 2 rings (SSSR count). The molecule has 2 aromatic rings. The summed E-state index contributed by atoms with van der Waals surface area (Å²) in [5.74, 6) is -0.350. The summed E-state index contributed by atoms with van der Waals surface area (Å²) in [7, 11) is 1.37. The van der Waals surface area contributed by atoms with Crippen LogP contribution in [0.25, 0.3) is 0 Å². The van der Waals surface area contributed by atoms with Gasteiger partial charge in [-0.15, -0.1) is 0 Å². The first-order valence-electron chi connectivity index (χ1n) is 6.38. The Bertz CT molecular complexity index is 673. The van der Waals surface area contributed by atoms with Crippen LogP contribution in [0, 0.1) is 6.92 Å². The van der Waals surface area contributed by atoms with Crippen LogP contribution >= 0.6 is 27.5 Å². The van der Waals surface area contributed by atoms with Gasteiger partial charge in [-0.1, -0.05) is 39.7 Å². The highest BCUT2D eigenvalue weighted by Crippen LogP contribution is 2.25. The van der Waals surface area contributed by atoms with E-state index in [0.29, 0.717) is 17.1 Å². The van der Waals surface area contributed by atoms with Gasteiger partial charge in [-0.05, 0) is 42.3 Å². The third-order valence-electron chi connectivity index (χ3n) is 3.07. The number of carbonyl (C=O) groups excluding carboxylic acids is 1. The van der Waals surface area contributed by atoms with Gasteiger partial charge in [-0.25, -0.2) is 4.79 Å². The number of hydrogen-bond acceptors (Lipinski definition) is 3. The Morgan fingerprint density at radius 2 is 2.05 bits per heavy atom. The zero-order valence-electron chi connectivity index (χ0n) is 11.7. The van der Waals surface area contributed by atoms with Crippen molar-refractivity contribution in [1.29, 1.82) is 0 Å². The Labute approximate surface area is 137 Å². The first kappa shape index (κ1) is 15.9. The molecule has 0 aromatic heterocycles. The van der Waals surface area contributed by atoms with Crippen molar-refractivity contribution >= 4 is 39.2 Å². The number of halogens is 2. The molecule has 0 saturated carbocycles. The lowest BCUT2D eigenvalue weighted by Gasteiger charge is -2.11. The molecule has 0 aliphatic rings. The van der Waals surface area contributed by atoms with E-state index in [2.05, 4.69) is 21.2 Å². The largest absolute Gasteiger partial charge is 0.465 e. The molecule has 21 heavy (non-hydrogen) atoms. The van der Waals surface area contributed by atoms with Crippen molar-refractivity contribution in [3.8, 4) is 0 Å². The molecule has 3 nitrogen and oxygen atoms in total. The number of aryl methyl sites for hydroxylation is 1. The summed E-state index contributed by atoms with van der Waals surface area (Å²) in [6.07, 6.45) is 0. The fourth-order valence-corrected chi connectivity index (χ4v) is 2.71. The minimum atomic E-state index is -0.350. The van der Waals surface area contributed by atoms with Crippen molar-refractivity contribution in [2.24, 2.45) is 0 Å². The van der Waals surface area contributed by atoms with Crippen LogP contribution in [0.1, 0.15) is 21.5 Å². The maximum atomic E-state index is 11.5. The van der Waals surface area contributed by atoms with Crippen molar-refractivity contribution in [1.82, 2.24) is 0 Å². The maximum Gasteiger partial charge on any atom is 0.337 e. The number of benzene rings is 2. The van der Waals surface area contributed by atoms with Crippen LogP contribution in [0.5, 0.6) is 0 Å². The van der Waals surface area contributed by atoms with Gasteiger partial charge in [-0.2, -0.15) is 0 Å². The van der Waals surface area contributed by atoms with E-state index in [1.165, 1.54) is 7.11 Å². The molecule has 0 bridgehead atoms. The number of esters is 1. The summed E-state index contributed by atoms with van der Waals surface area (Å²) >= 11 is 9.65. The Balaban J connectivity index is 2.11. The molecule has 5 heteroatoms. The average Bonchev–Trinajstić information content (AvgIpc) is 2.46. The quantitative estimate of drug-likeness (QED) is 0.787. The molecule has 0 unspecified atom stereocenters. The molecule has 0 fully saturated rings. The molecule has 0 heterocycles. The van der Waals surface area contributed by atoms with Crippen molar-refractivity contribution in [3.63, 3.8) is 0 Å². The molecule has 0 spiro atoms. The molecule has 0 aliphatic carbocycles. The summed E-state index contributed by atoms with van der Waals surface area (Å²) in [6, 6.07) is 11.2. The Kier molecular flexibility index (Phi) is 5.26. The monoisotopic (exact) mass is 367 g/mol. The molecule has 0 aliphatic heterocycles. The van der Waals surface area contributed by atoms with Gasteiger partial charge in [0, 0.05) is 11.0 Å². The van der Waals surface area contributed by atoms with E-state index in [1.807, 2.05) is 31.2 Å². The van der Waals surface area contributed by atoms with E-state index >= 15 is 0 Å². The number of nitrogens with one attached hydrogen (secondary N) is 1. The second-order valence-corrected chi connectivity index (χ2v) is 5.90. The van der Waals surface area contributed by atoms with E-state index in [-0.39, 0.29) is 5.97 Å². The molecular weight excluding hydrogens is 354 g/mol. The first-order chi connectivity index (χ1) is 10.0. The van der Waals surface area contributed by atoms with E-state index in [0.717, 1.165) is 21.3 Å². The van der Waals surface area contributed by atoms with Crippen LogP contribution in [-0.4, -0.2) is 13.1 Å². The van der Waals surface area contributed by atoms with Crippen molar-refractivity contribution < 1.29 is 9.53 Å². The highest BCUT2D eigenvalue weighted by molar-refractivity contribution is 9.10. The van der Waals surface area contributed by atoms with Gasteiger partial charge in [0.15, 0.2) is 0 Å². The molecule has 0 saturated heterocycles. The fraction of sp³-hybridized carbons (Fsp3) is 0.188. The smallest absolute Gasteiger partial charge is 0.337 e. The standard InChI is InChI=1S/C16H15BrClNO2/c1-10-3-6-15(14(18)7-10)19-9-12-5-4-11(8-13(12)17)16(20)21-2/h3-8,19H,9H2,1-2H3. The maximum absolute atomic E-state index is 11.5. The summed E-state index contributed by atoms with van der Waals surface area (Å²) in [4.78, 5) is 11.5. The molecule has 0 amide bonds. The van der Waals surface area contributed by atoms with Crippen LogP contribution in [0.4, 0.5) is 5.69 Å². The van der Waals surface area contributed by atoms with Crippen LogP contribution < -0.4 is 5.32 Å². The van der Waals surface area contributed by atoms with Gasteiger partial charge in [0.05, 0.1) is 23.4 Å². The first-order valence-corrected chi connectivity index (χ1v) is 7.55. The van der Waals surface area contributed by atoms with Crippen LogP contribution in [0.3, 0.4) is 0 Å². The van der Waals surface area contributed by atoms with Crippen LogP contribution in [0.2, 0.25) is 5.02 Å². The molecule has 110 valence electrons. The Morgan fingerprint density at radius 3 is 2.67 bits per heavy atom. The lowest BCUT2D eigenvalue weighted by molar-refractivity contribution is 0.0600. The molecule has 0 radical (unpaired) electrons. The lowest BCUT2D eigenvalue weighted by atomic mass is 10.1. The zero-order chi connectivity index (χ0) is 15.4. The number of rotatable bonds is 4. The van der Waals surface area contributed by atoms with Crippen LogP contribution in [-0.2, 0) is 11.3 Å². The minimum Gasteiger partial charge on any atom is -0.465 e. The topological polar surface area (TPSA) is 38.3 Å².